The lowest BCUT2D eigenvalue weighted by Gasteiger charge is -2.27. The van der Waals surface area contributed by atoms with Gasteiger partial charge in [0.2, 0.25) is 0 Å². The summed E-state index contributed by atoms with van der Waals surface area (Å²) in [4.78, 5) is 18.8. The minimum atomic E-state index is -0.0542. The van der Waals surface area contributed by atoms with Crippen molar-refractivity contribution in [2.75, 3.05) is 4.90 Å². The molecule has 0 saturated heterocycles. The average Bonchev–Trinajstić information content (AvgIpc) is 3.15. The van der Waals surface area contributed by atoms with Crippen LogP contribution in [-0.2, 0) is 6.54 Å². The number of aromatic nitrogens is 3. The fourth-order valence-corrected chi connectivity index (χ4v) is 2.79. The zero-order valence-corrected chi connectivity index (χ0v) is 14.8. The van der Waals surface area contributed by atoms with Gasteiger partial charge in [-0.2, -0.15) is 5.10 Å². The van der Waals surface area contributed by atoms with Crippen LogP contribution in [0.2, 0.25) is 0 Å². The standard InChI is InChI=1S/C21H20N4O/c1-4-17-6-5-7-20(12-17)25(16(2)3)21(26)19-10-8-18(9-11-19)13-24-15-22-14-23-24/h1,5-12,14-16H,13H2,2-3H3. The van der Waals surface area contributed by atoms with Crippen LogP contribution < -0.4 is 4.90 Å². The Morgan fingerprint density at radius 3 is 2.62 bits per heavy atom. The summed E-state index contributed by atoms with van der Waals surface area (Å²) >= 11 is 0. The molecule has 0 saturated carbocycles. The van der Waals surface area contributed by atoms with Crippen LogP contribution in [0.1, 0.15) is 35.3 Å². The predicted octanol–water partition coefficient (Wildman–Crippen LogP) is 3.36. The van der Waals surface area contributed by atoms with Crippen LogP contribution in [0.5, 0.6) is 0 Å². The van der Waals surface area contributed by atoms with Gasteiger partial charge in [-0.05, 0) is 49.7 Å². The summed E-state index contributed by atoms with van der Waals surface area (Å²) in [6, 6.07) is 15.0. The van der Waals surface area contributed by atoms with Crippen molar-refractivity contribution >= 4 is 11.6 Å². The highest BCUT2D eigenvalue weighted by Crippen LogP contribution is 2.21. The number of terminal acetylenes is 1. The van der Waals surface area contributed by atoms with Crippen molar-refractivity contribution < 1.29 is 4.79 Å². The molecule has 0 bridgehead atoms. The first-order valence-electron chi connectivity index (χ1n) is 8.40. The van der Waals surface area contributed by atoms with Crippen molar-refractivity contribution in [2.24, 2.45) is 0 Å². The van der Waals surface area contributed by atoms with E-state index in [1.807, 2.05) is 62.4 Å². The van der Waals surface area contributed by atoms with E-state index in [0.717, 1.165) is 16.8 Å². The smallest absolute Gasteiger partial charge is 0.258 e. The van der Waals surface area contributed by atoms with Crippen LogP contribution in [0, 0.1) is 12.3 Å². The third-order valence-corrected chi connectivity index (χ3v) is 4.04. The second-order valence-electron chi connectivity index (χ2n) is 6.25. The molecule has 0 aliphatic rings. The zero-order chi connectivity index (χ0) is 18.5. The second-order valence-corrected chi connectivity index (χ2v) is 6.25. The van der Waals surface area contributed by atoms with Crippen molar-refractivity contribution in [3.8, 4) is 12.3 Å². The van der Waals surface area contributed by atoms with E-state index in [4.69, 9.17) is 6.42 Å². The molecule has 0 N–H and O–H groups in total. The largest absolute Gasteiger partial charge is 0.306 e. The minimum absolute atomic E-state index is 0.00495. The van der Waals surface area contributed by atoms with E-state index >= 15 is 0 Å². The summed E-state index contributed by atoms with van der Waals surface area (Å²) < 4.78 is 1.74. The van der Waals surface area contributed by atoms with Gasteiger partial charge >= 0.3 is 0 Å². The zero-order valence-electron chi connectivity index (χ0n) is 14.8. The number of nitrogens with zero attached hydrogens (tertiary/aromatic N) is 4. The maximum absolute atomic E-state index is 13.1. The molecule has 26 heavy (non-hydrogen) atoms. The van der Waals surface area contributed by atoms with Gasteiger partial charge in [0.05, 0.1) is 6.54 Å². The Kier molecular flexibility index (Phi) is 5.14. The lowest BCUT2D eigenvalue weighted by Crippen LogP contribution is -2.37. The van der Waals surface area contributed by atoms with Crippen molar-refractivity contribution in [1.29, 1.82) is 0 Å². The highest BCUT2D eigenvalue weighted by molar-refractivity contribution is 6.06. The van der Waals surface area contributed by atoms with E-state index in [1.165, 1.54) is 6.33 Å². The third-order valence-electron chi connectivity index (χ3n) is 4.04. The Morgan fingerprint density at radius 2 is 2.00 bits per heavy atom. The number of anilines is 1. The number of carbonyl (C=O) groups is 1. The van der Waals surface area contributed by atoms with Crippen molar-refractivity contribution in [3.63, 3.8) is 0 Å². The molecule has 3 rings (SSSR count). The number of carbonyl (C=O) groups excluding carboxylic acids is 1. The number of benzene rings is 2. The van der Waals surface area contributed by atoms with Crippen LogP contribution in [0.25, 0.3) is 0 Å². The van der Waals surface area contributed by atoms with Crippen molar-refractivity contribution in [1.82, 2.24) is 14.8 Å². The van der Waals surface area contributed by atoms with E-state index in [0.29, 0.717) is 12.1 Å². The van der Waals surface area contributed by atoms with Gasteiger partial charge in [-0.25, -0.2) is 9.67 Å². The van der Waals surface area contributed by atoms with Crippen LogP contribution in [-0.4, -0.2) is 26.7 Å². The van der Waals surface area contributed by atoms with Gasteiger partial charge in [-0.1, -0.05) is 24.1 Å². The number of hydrogen-bond acceptors (Lipinski definition) is 3. The van der Waals surface area contributed by atoms with Gasteiger partial charge in [0.15, 0.2) is 0 Å². The Bertz CT molecular complexity index is 921. The first kappa shape index (κ1) is 17.4. The summed E-state index contributed by atoms with van der Waals surface area (Å²) in [6.07, 6.45) is 8.66. The van der Waals surface area contributed by atoms with Gasteiger partial charge in [0.1, 0.15) is 12.7 Å². The van der Waals surface area contributed by atoms with Crippen LogP contribution in [0.3, 0.4) is 0 Å². The number of amides is 1. The molecule has 1 aromatic heterocycles. The molecule has 0 fully saturated rings. The highest BCUT2D eigenvalue weighted by Gasteiger charge is 2.20. The first-order chi connectivity index (χ1) is 12.6. The molecule has 5 nitrogen and oxygen atoms in total. The summed E-state index contributed by atoms with van der Waals surface area (Å²) in [5.41, 5.74) is 3.24. The topological polar surface area (TPSA) is 51.0 Å². The van der Waals surface area contributed by atoms with Crippen LogP contribution in [0.15, 0.2) is 61.2 Å². The van der Waals surface area contributed by atoms with E-state index in [-0.39, 0.29) is 11.9 Å². The minimum Gasteiger partial charge on any atom is -0.306 e. The Labute approximate surface area is 153 Å². The molecule has 0 spiro atoms. The van der Waals surface area contributed by atoms with Gasteiger partial charge in [-0.3, -0.25) is 4.79 Å². The van der Waals surface area contributed by atoms with Gasteiger partial charge < -0.3 is 4.90 Å². The predicted molar refractivity (Wildman–Crippen MR) is 102 cm³/mol. The fourth-order valence-electron chi connectivity index (χ4n) is 2.79. The molecule has 0 atom stereocenters. The molecule has 0 aliphatic heterocycles. The second kappa shape index (κ2) is 7.66. The molecular formula is C21H20N4O. The summed E-state index contributed by atoms with van der Waals surface area (Å²) in [6.45, 7) is 4.59. The van der Waals surface area contributed by atoms with E-state index in [9.17, 15) is 4.79 Å². The van der Waals surface area contributed by atoms with Gasteiger partial charge in [0.25, 0.3) is 5.91 Å². The molecule has 5 heteroatoms. The maximum atomic E-state index is 13.1. The SMILES string of the molecule is C#Cc1cccc(N(C(=O)c2ccc(Cn3cncn3)cc2)C(C)C)c1. The molecule has 0 aliphatic carbocycles. The summed E-state index contributed by atoms with van der Waals surface area (Å²) in [7, 11) is 0. The van der Waals surface area contributed by atoms with Crippen LogP contribution >= 0.6 is 0 Å². The van der Waals surface area contributed by atoms with E-state index in [2.05, 4.69) is 16.0 Å². The maximum Gasteiger partial charge on any atom is 0.258 e. The third kappa shape index (κ3) is 3.81. The highest BCUT2D eigenvalue weighted by atomic mass is 16.2. The monoisotopic (exact) mass is 344 g/mol. The molecule has 0 unspecified atom stereocenters. The molecule has 1 amide bonds. The van der Waals surface area contributed by atoms with Crippen molar-refractivity contribution in [3.05, 3.63) is 77.9 Å². The quantitative estimate of drug-likeness (QED) is 0.667. The Balaban J connectivity index is 1.84. The lowest BCUT2D eigenvalue weighted by atomic mass is 10.1. The van der Waals surface area contributed by atoms with E-state index < -0.39 is 0 Å². The molecule has 130 valence electrons. The Hall–Kier alpha value is -3.39. The molecule has 1 heterocycles. The van der Waals surface area contributed by atoms with Crippen molar-refractivity contribution in [2.45, 2.75) is 26.4 Å². The Morgan fingerprint density at radius 1 is 1.23 bits per heavy atom. The fraction of sp³-hybridized carbons (Fsp3) is 0.190. The van der Waals surface area contributed by atoms with E-state index in [1.54, 1.807) is 15.9 Å². The summed E-state index contributed by atoms with van der Waals surface area (Å²) in [5, 5.41) is 4.09. The molecular weight excluding hydrogens is 324 g/mol. The average molecular weight is 344 g/mol. The molecule has 3 aromatic rings. The van der Waals surface area contributed by atoms with Crippen LogP contribution in [0.4, 0.5) is 5.69 Å². The first-order valence-corrected chi connectivity index (χ1v) is 8.40. The summed E-state index contributed by atoms with van der Waals surface area (Å²) in [5.74, 6) is 2.56. The normalized spacial score (nSPS) is 10.5. The van der Waals surface area contributed by atoms with Gasteiger partial charge in [-0.15, -0.1) is 6.42 Å². The molecule has 0 radical (unpaired) electrons. The number of rotatable bonds is 5. The lowest BCUT2D eigenvalue weighted by molar-refractivity contribution is 0.0980. The number of hydrogen-bond donors (Lipinski definition) is 0. The van der Waals surface area contributed by atoms with Gasteiger partial charge in [0, 0.05) is 22.9 Å². The molecule has 2 aromatic carbocycles.